The van der Waals surface area contributed by atoms with Crippen molar-refractivity contribution in [2.45, 2.75) is 19.8 Å². The summed E-state index contributed by atoms with van der Waals surface area (Å²) in [4.78, 5) is 0. The van der Waals surface area contributed by atoms with Gasteiger partial charge in [0.25, 0.3) is 0 Å². The number of fused-ring (bicyclic) bond motifs is 2. The Morgan fingerprint density at radius 1 is 0.875 bits per heavy atom. The average molecular weight is 408 g/mol. The lowest BCUT2D eigenvalue weighted by Gasteiger charge is -2.22. The molecule has 0 aromatic heterocycles. The van der Waals surface area contributed by atoms with Crippen molar-refractivity contribution in [3.8, 4) is 22.3 Å². The van der Waals surface area contributed by atoms with Crippen LogP contribution in [0.15, 0.2) is 91.5 Å². The van der Waals surface area contributed by atoms with Gasteiger partial charge in [0, 0.05) is 0 Å². The summed E-state index contributed by atoms with van der Waals surface area (Å²) in [5.41, 5.74) is 10.9. The van der Waals surface area contributed by atoms with Crippen molar-refractivity contribution < 1.29 is 0 Å². The molecule has 0 saturated carbocycles. The molecule has 0 N–H and O–H groups in total. The standard InChI is InChI=1S/C31H25B/c1-3-4-9-24-20-25(15-14-21(24)2)22-16-18-23(19-17-22)30-26-10-5-7-12-28(26)31(32)29-13-8-6-11-27(29)30/h3-5,7-10,12-20H,1,6,11H2,2H3/b9-4-. The maximum atomic E-state index is 6.58. The van der Waals surface area contributed by atoms with Gasteiger partial charge in [-0.25, -0.2) is 0 Å². The zero-order chi connectivity index (χ0) is 22.1. The molecule has 2 radical (unpaired) electrons. The van der Waals surface area contributed by atoms with E-state index in [9.17, 15) is 0 Å². The molecule has 0 nitrogen and oxygen atoms in total. The summed E-state index contributed by atoms with van der Waals surface area (Å²) in [5.74, 6) is 0. The summed E-state index contributed by atoms with van der Waals surface area (Å²) in [7, 11) is 6.58. The lowest BCUT2D eigenvalue weighted by Crippen LogP contribution is -2.15. The van der Waals surface area contributed by atoms with E-state index in [0.717, 1.165) is 23.7 Å². The summed E-state index contributed by atoms with van der Waals surface area (Å²) in [6, 6.07) is 24.1. The molecule has 0 spiro atoms. The number of allylic oxidation sites excluding steroid dienone is 3. The van der Waals surface area contributed by atoms with Crippen molar-refractivity contribution in [2.75, 3.05) is 0 Å². The van der Waals surface area contributed by atoms with E-state index in [2.05, 4.69) is 98.5 Å². The minimum Gasteiger partial charge on any atom is -0.0991 e. The molecular formula is C31H25B. The summed E-state index contributed by atoms with van der Waals surface area (Å²) in [6.07, 6.45) is 12.4. The van der Waals surface area contributed by atoms with Crippen molar-refractivity contribution in [1.29, 1.82) is 0 Å². The quantitative estimate of drug-likeness (QED) is 0.243. The number of rotatable bonds is 4. The monoisotopic (exact) mass is 408 g/mol. The van der Waals surface area contributed by atoms with Crippen LogP contribution in [-0.2, 0) is 6.42 Å². The highest BCUT2D eigenvalue weighted by molar-refractivity contribution is 6.41. The fraction of sp³-hybridized carbons (Fsp3) is 0.0968. The molecule has 0 aliphatic heterocycles. The van der Waals surface area contributed by atoms with Gasteiger partial charge in [-0.1, -0.05) is 103 Å². The Labute approximate surface area is 192 Å². The van der Waals surface area contributed by atoms with Crippen LogP contribution in [0.5, 0.6) is 0 Å². The Morgan fingerprint density at radius 3 is 2.38 bits per heavy atom. The van der Waals surface area contributed by atoms with Crippen molar-refractivity contribution in [1.82, 2.24) is 0 Å². The van der Waals surface area contributed by atoms with Gasteiger partial charge >= 0.3 is 0 Å². The van der Waals surface area contributed by atoms with Gasteiger partial charge in [0.15, 0.2) is 0 Å². The molecule has 5 rings (SSSR count). The van der Waals surface area contributed by atoms with Crippen LogP contribution in [0.3, 0.4) is 0 Å². The lowest BCUT2D eigenvalue weighted by molar-refractivity contribution is 0.993. The predicted octanol–water partition coefficient (Wildman–Crippen LogP) is 7.43. The molecule has 1 aliphatic rings. The van der Waals surface area contributed by atoms with Gasteiger partial charge in [0.05, 0.1) is 0 Å². The molecule has 4 aromatic carbocycles. The van der Waals surface area contributed by atoms with Crippen molar-refractivity contribution in [2.24, 2.45) is 0 Å². The van der Waals surface area contributed by atoms with E-state index in [0.29, 0.717) is 0 Å². The van der Waals surface area contributed by atoms with Crippen LogP contribution in [0.4, 0.5) is 0 Å². The zero-order valence-corrected chi connectivity index (χ0v) is 18.4. The third-order valence-electron chi connectivity index (χ3n) is 6.45. The van der Waals surface area contributed by atoms with Crippen LogP contribution in [-0.4, -0.2) is 7.85 Å². The van der Waals surface area contributed by atoms with E-state index in [1.807, 2.05) is 12.2 Å². The van der Waals surface area contributed by atoms with E-state index in [4.69, 9.17) is 7.85 Å². The SMILES string of the molecule is [B]c1c2c(c(-c3ccc(-c4ccc(C)c(/C=C\C=C)c4)cc3)c3ccccc13)CCC=C2. The minimum absolute atomic E-state index is 0.895. The normalized spacial score (nSPS) is 12.9. The van der Waals surface area contributed by atoms with Gasteiger partial charge in [0.2, 0.25) is 0 Å². The number of hydrogen-bond donors (Lipinski definition) is 0. The topological polar surface area (TPSA) is 0 Å². The molecular weight excluding hydrogens is 383 g/mol. The lowest BCUT2D eigenvalue weighted by atomic mass is 9.76. The van der Waals surface area contributed by atoms with Gasteiger partial charge in [-0.2, -0.15) is 0 Å². The Bertz CT molecular complexity index is 1380. The summed E-state index contributed by atoms with van der Waals surface area (Å²) in [5, 5.41) is 2.37. The third-order valence-corrected chi connectivity index (χ3v) is 6.45. The van der Waals surface area contributed by atoms with E-state index in [1.54, 1.807) is 0 Å². The Hall–Kier alpha value is -3.58. The van der Waals surface area contributed by atoms with E-state index in [1.165, 1.54) is 49.9 Å². The minimum atomic E-state index is 0.895. The van der Waals surface area contributed by atoms with Gasteiger partial charge in [-0.05, 0) is 81.1 Å². The number of aryl methyl sites for hydroxylation is 1. The maximum Gasteiger partial charge on any atom is 0.115 e. The Kier molecular flexibility index (Phi) is 5.41. The van der Waals surface area contributed by atoms with E-state index >= 15 is 0 Å². The van der Waals surface area contributed by atoms with E-state index in [-0.39, 0.29) is 0 Å². The summed E-state index contributed by atoms with van der Waals surface area (Å²) < 4.78 is 0. The molecule has 4 aromatic rings. The molecule has 0 fully saturated rings. The predicted molar refractivity (Wildman–Crippen MR) is 142 cm³/mol. The first kappa shape index (κ1) is 20.3. The Morgan fingerprint density at radius 2 is 1.59 bits per heavy atom. The highest BCUT2D eigenvalue weighted by Gasteiger charge is 2.18. The van der Waals surface area contributed by atoms with Gasteiger partial charge in [-0.15, -0.1) is 0 Å². The highest BCUT2D eigenvalue weighted by atomic mass is 14.2. The van der Waals surface area contributed by atoms with Crippen LogP contribution < -0.4 is 5.46 Å². The number of hydrogen-bond acceptors (Lipinski definition) is 0. The second-order valence-corrected chi connectivity index (χ2v) is 8.41. The molecule has 32 heavy (non-hydrogen) atoms. The molecule has 0 saturated heterocycles. The molecule has 0 heterocycles. The van der Waals surface area contributed by atoms with Crippen LogP contribution in [0, 0.1) is 6.92 Å². The summed E-state index contributed by atoms with van der Waals surface area (Å²) in [6.45, 7) is 5.92. The number of benzene rings is 4. The second-order valence-electron chi connectivity index (χ2n) is 8.41. The van der Waals surface area contributed by atoms with E-state index < -0.39 is 0 Å². The third kappa shape index (κ3) is 3.54. The maximum absolute atomic E-state index is 6.58. The van der Waals surface area contributed by atoms with Gasteiger partial charge < -0.3 is 0 Å². The largest absolute Gasteiger partial charge is 0.115 e. The first-order valence-electron chi connectivity index (χ1n) is 11.2. The molecule has 0 amide bonds. The molecule has 1 aliphatic carbocycles. The van der Waals surface area contributed by atoms with Crippen molar-refractivity contribution >= 4 is 36.2 Å². The second kappa shape index (κ2) is 8.51. The first-order chi connectivity index (χ1) is 15.7. The van der Waals surface area contributed by atoms with Crippen molar-refractivity contribution in [3.63, 3.8) is 0 Å². The average Bonchev–Trinajstić information content (AvgIpc) is 2.84. The van der Waals surface area contributed by atoms with Crippen LogP contribution >= 0.6 is 0 Å². The fourth-order valence-corrected chi connectivity index (χ4v) is 4.75. The van der Waals surface area contributed by atoms with Crippen LogP contribution in [0.25, 0.3) is 45.2 Å². The molecule has 0 bridgehead atoms. The van der Waals surface area contributed by atoms with Crippen molar-refractivity contribution in [3.05, 3.63) is 114 Å². The molecule has 152 valence electrons. The zero-order valence-electron chi connectivity index (χ0n) is 18.4. The first-order valence-corrected chi connectivity index (χ1v) is 11.2. The molecule has 0 atom stereocenters. The van der Waals surface area contributed by atoms with Crippen LogP contribution in [0.1, 0.15) is 28.7 Å². The van der Waals surface area contributed by atoms with Gasteiger partial charge in [0.1, 0.15) is 7.85 Å². The summed E-state index contributed by atoms with van der Waals surface area (Å²) >= 11 is 0. The highest BCUT2D eigenvalue weighted by Crippen LogP contribution is 2.37. The van der Waals surface area contributed by atoms with Crippen LogP contribution in [0.2, 0.25) is 0 Å². The molecule has 1 heteroatoms. The fourth-order valence-electron chi connectivity index (χ4n) is 4.75. The Balaban J connectivity index is 1.63. The smallest absolute Gasteiger partial charge is 0.0991 e. The molecule has 0 unspecified atom stereocenters. The van der Waals surface area contributed by atoms with Gasteiger partial charge in [-0.3, -0.25) is 0 Å².